The number of nitrogens with zero attached hydrogens (tertiary/aromatic N) is 1. The highest BCUT2D eigenvalue weighted by molar-refractivity contribution is 5.23. The summed E-state index contributed by atoms with van der Waals surface area (Å²) in [5, 5.41) is 2.68. The lowest BCUT2D eigenvalue weighted by Gasteiger charge is -2.06. The summed E-state index contributed by atoms with van der Waals surface area (Å²) >= 11 is 0. The van der Waals surface area contributed by atoms with Crippen molar-refractivity contribution in [3.8, 4) is 0 Å². The molecule has 0 amide bonds. The van der Waals surface area contributed by atoms with Crippen LogP contribution in [0.3, 0.4) is 0 Å². The highest BCUT2D eigenvalue weighted by Crippen LogP contribution is 2.09. The zero-order valence-corrected chi connectivity index (χ0v) is 9.94. The fraction of sp³-hybridized carbons (Fsp3) is 0.231. The molecule has 1 aromatic heterocycles. The van der Waals surface area contributed by atoms with E-state index >= 15 is 0 Å². The molecule has 0 spiro atoms. The second-order valence-corrected chi connectivity index (χ2v) is 4.12. The summed E-state index contributed by atoms with van der Waals surface area (Å²) in [6.07, 6.45) is 1.90. The Morgan fingerprint density at radius 3 is 2.78 bits per heavy atom. The molecule has 2 aromatic rings. The van der Waals surface area contributed by atoms with Gasteiger partial charge in [-0.25, -0.2) is 9.07 Å². The SMILES string of the molecule is Cc1ccc(CCn2[nH]ccc(=O)c2=O)cc1F. The molecule has 1 N–H and O–H groups in total. The standard InChI is InChI=1S/C13H13FN2O2/c1-9-2-3-10(8-11(9)14)5-7-16-13(18)12(17)4-6-15-16/h2-4,6,8,15H,5,7H2,1H3. The van der Waals surface area contributed by atoms with E-state index in [2.05, 4.69) is 5.10 Å². The van der Waals surface area contributed by atoms with Crippen molar-refractivity contribution < 1.29 is 4.39 Å². The van der Waals surface area contributed by atoms with Crippen LogP contribution in [-0.4, -0.2) is 9.78 Å². The van der Waals surface area contributed by atoms with E-state index in [4.69, 9.17) is 0 Å². The maximum absolute atomic E-state index is 13.3. The monoisotopic (exact) mass is 248 g/mol. The number of nitrogens with one attached hydrogen (secondary N) is 1. The van der Waals surface area contributed by atoms with E-state index in [1.165, 1.54) is 23.0 Å². The van der Waals surface area contributed by atoms with Crippen molar-refractivity contribution in [2.24, 2.45) is 0 Å². The molecule has 1 heterocycles. The summed E-state index contributed by atoms with van der Waals surface area (Å²) in [4.78, 5) is 22.6. The van der Waals surface area contributed by atoms with Gasteiger partial charge in [-0.15, -0.1) is 0 Å². The predicted molar refractivity (Wildman–Crippen MR) is 66.2 cm³/mol. The molecular weight excluding hydrogens is 235 g/mol. The van der Waals surface area contributed by atoms with Crippen molar-refractivity contribution in [2.75, 3.05) is 0 Å². The van der Waals surface area contributed by atoms with Crippen LogP contribution < -0.4 is 11.0 Å². The molecular formula is C13H13FN2O2. The molecule has 0 bridgehead atoms. The molecule has 2 rings (SSSR count). The van der Waals surface area contributed by atoms with Crippen LogP contribution in [0.4, 0.5) is 4.39 Å². The summed E-state index contributed by atoms with van der Waals surface area (Å²) in [5.74, 6) is -0.263. The first-order valence-electron chi connectivity index (χ1n) is 5.61. The maximum Gasteiger partial charge on any atom is 0.312 e. The van der Waals surface area contributed by atoms with Gasteiger partial charge in [0.25, 0.3) is 0 Å². The van der Waals surface area contributed by atoms with Crippen molar-refractivity contribution in [1.82, 2.24) is 9.78 Å². The highest BCUT2D eigenvalue weighted by atomic mass is 19.1. The van der Waals surface area contributed by atoms with Gasteiger partial charge in [0.05, 0.1) is 0 Å². The van der Waals surface area contributed by atoms with Gasteiger partial charge in [0.15, 0.2) is 0 Å². The molecule has 18 heavy (non-hydrogen) atoms. The molecule has 0 saturated heterocycles. The fourth-order valence-electron chi connectivity index (χ4n) is 1.66. The lowest BCUT2D eigenvalue weighted by atomic mass is 10.1. The zero-order valence-electron chi connectivity index (χ0n) is 9.94. The van der Waals surface area contributed by atoms with Gasteiger partial charge in [-0.1, -0.05) is 12.1 Å². The lowest BCUT2D eigenvalue weighted by molar-refractivity contribution is 0.569. The third-order valence-corrected chi connectivity index (χ3v) is 2.78. The van der Waals surface area contributed by atoms with Gasteiger partial charge in [0, 0.05) is 18.8 Å². The van der Waals surface area contributed by atoms with E-state index in [-0.39, 0.29) is 5.82 Å². The van der Waals surface area contributed by atoms with E-state index in [0.717, 1.165) is 5.56 Å². The van der Waals surface area contributed by atoms with E-state index in [9.17, 15) is 14.0 Å². The molecule has 4 nitrogen and oxygen atoms in total. The zero-order chi connectivity index (χ0) is 13.1. The van der Waals surface area contributed by atoms with Crippen LogP contribution in [0.2, 0.25) is 0 Å². The maximum atomic E-state index is 13.3. The molecule has 5 heteroatoms. The number of rotatable bonds is 3. The molecule has 0 aliphatic rings. The quantitative estimate of drug-likeness (QED) is 0.830. The van der Waals surface area contributed by atoms with Gasteiger partial charge in [0.1, 0.15) is 5.82 Å². The van der Waals surface area contributed by atoms with Gasteiger partial charge >= 0.3 is 5.56 Å². The summed E-state index contributed by atoms with van der Waals surface area (Å²) in [5.41, 5.74) is 0.229. The van der Waals surface area contributed by atoms with E-state index in [1.807, 2.05) is 6.07 Å². The number of H-pyrrole nitrogens is 1. The van der Waals surface area contributed by atoms with Gasteiger partial charge in [-0.2, -0.15) is 0 Å². The molecule has 0 aliphatic heterocycles. The Morgan fingerprint density at radius 1 is 1.28 bits per heavy atom. The number of aromatic nitrogens is 2. The summed E-state index contributed by atoms with van der Waals surface area (Å²) in [6, 6.07) is 6.14. The van der Waals surface area contributed by atoms with Crippen LogP contribution in [0, 0.1) is 12.7 Å². The molecule has 1 aromatic carbocycles. The first kappa shape index (κ1) is 12.3. The molecule has 0 atom stereocenters. The molecule has 0 aliphatic carbocycles. The number of aromatic amines is 1. The Labute approximate surface area is 103 Å². The van der Waals surface area contributed by atoms with Crippen LogP contribution in [0.25, 0.3) is 0 Å². The topological polar surface area (TPSA) is 54.9 Å². The van der Waals surface area contributed by atoms with Gasteiger partial charge < -0.3 is 5.10 Å². The van der Waals surface area contributed by atoms with Gasteiger partial charge in [-0.05, 0) is 30.5 Å². The first-order chi connectivity index (χ1) is 8.58. The Kier molecular flexibility index (Phi) is 3.41. The van der Waals surface area contributed by atoms with Gasteiger partial charge in [-0.3, -0.25) is 9.59 Å². The van der Waals surface area contributed by atoms with Crippen molar-refractivity contribution in [3.63, 3.8) is 0 Å². The third kappa shape index (κ3) is 2.56. The van der Waals surface area contributed by atoms with Crippen LogP contribution in [0.1, 0.15) is 11.1 Å². The van der Waals surface area contributed by atoms with Crippen molar-refractivity contribution in [1.29, 1.82) is 0 Å². The Bertz CT molecular complexity index is 673. The number of hydrogen-bond donors (Lipinski definition) is 1. The minimum atomic E-state index is -0.593. The number of benzene rings is 1. The molecule has 0 fully saturated rings. The van der Waals surface area contributed by atoms with Crippen LogP contribution >= 0.6 is 0 Å². The van der Waals surface area contributed by atoms with Crippen molar-refractivity contribution in [3.05, 3.63) is 68.0 Å². The molecule has 0 saturated carbocycles. The molecule has 0 radical (unpaired) electrons. The second kappa shape index (κ2) is 5.00. The smallest absolute Gasteiger partial charge is 0.303 e. The Hall–Kier alpha value is -2.17. The second-order valence-electron chi connectivity index (χ2n) is 4.12. The van der Waals surface area contributed by atoms with E-state index in [0.29, 0.717) is 18.5 Å². The largest absolute Gasteiger partial charge is 0.312 e. The average molecular weight is 248 g/mol. The van der Waals surface area contributed by atoms with Crippen molar-refractivity contribution >= 4 is 0 Å². The first-order valence-corrected chi connectivity index (χ1v) is 5.61. The van der Waals surface area contributed by atoms with E-state index in [1.54, 1.807) is 13.0 Å². The summed E-state index contributed by atoms with van der Waals surface area (Å²) < 4.78 is 14.5. The minimum Gasteiger partial charge on any atom is -0.303 e. The summed E-state index contributed by atoms with van der Waals surface area (Å²) in [7, 11) is 0. The average Bonchev–Trinajstić information content (AvgIpc) is 2.35. The highest BCUT2D eigenvalue weighted by Gasteiger charge is 2.02. The van der Waals surface area contributed by atoms with E-state index < -0.39 is 11.0 Å². The molecule has 0 unspecified atom stereocenters. The lowest BCUT2D eigenvalue weighted by Crippen LogP contribution is -2.35. The van der Waals surface area contributed by atoms with Crippen molar-refractivity contribution in [2.45, 2.75) is 19.9 Å². The fourth-order valence-corrected chi connectivity index (χ4v) is 1.66. The Balaban J connectivity index is 2.16. The minimum absolute atomic E-state index is 0.263. The number of halogens is 1. The van der Waals surface area contributed by atoms with Crippen LogP contribution in [0.5, 0.6) is 0 Å². The normalized spacial score (nSPS) is 10.6. The summed E-state index contributed by atoms with van der Waals surface area (Å²) in [6.45, 7) is 2.01. The molecule has 94 valence electrons. The predicted octanol–water partition coefficient (Wildman–Crippen LogP) is 1.23. The third-order valence-electron chi connectivity index (χ3n) is 2.78. The number of hydrogen-bond acceptors (Lipinski definition) is 2. The number of aryl methyl sites for hydroxylation is 3. The van der Waals surface area contributed by atoms with Gasteiger partial charge in [0.2, 0.25) is 5.43 Å². The Morgan fingerprint density at radius 2 is 2.06 bits per heavy atom. The van der Waals surface area contributed by atoms with Crippen LogP contribution in [-0.2, 0) is 13.0 Å². The van der Waals surface area contributed by atoms with Crippen LogP contribution in [0.15, 0.2) is 40.1 Å².